The van der Waals surface area contributed by atoms with Crippen LogP contribution < -0.4 is 4.74 Å². The molecule has 0 unspecified atom stereocenters. The lowest BCUT2D eigenvalue weighted by molar-refractivity contribution is 0.0687. The maximum Gasteiger partial charge on any atom is 0.358 e. The molecule has 0 aliphatic carbocycles. The summed E-state index contributed by atoms with van der Waals surface area (Å²) in [6.07, 6.45) is 2.48. The Hall–Kier alpha value is -2.21. The van der Waals surface area contributed by atoms with Crippen LogP contribution in [0.5, 0.6) is 11.6 Å². The van der Waals surface area contributed by atoms with Crippen LogP contribution >= 0.6 is 11.6 Å². The van der Waals surface area contributed by atoms with E-state index in [0.717, 1.165) is 6.07 Å². The molecule has 0 aliphatic heterocycles. The number of hydrogen-bond acceptors (Lipinski definition) is 4. The number of ether oxygens (including phenoxy) is 1. The third-order valence-corrected chi connectivity index (χ3v) is 2.16. The Morgan fingerprint density at radius 3 is 2.89 bits per heavy atom. The summed E-state index contributed by atoms with van der Waals surface area (Å²) in [4.78, 5) is 18.1. The predicted octanol–water partition coefficient (Wildman–Crippen LogP) is 2.76. The zero-order valence-corrected chi connectivity index (χ0v) is 9.56. The molecule has 92 valence electrons. The number of aromatic nitrogens is 2. The van der Waals surface area contributed by atoms with Crippen molar-refractivity contribution < 1.29 is 19.0 Å². The zero-order valence-electron chi connectivity index (χ0n) is 8.80. The van der Waals surface area contributed by atoms with Crippen molar-refractivity contribution in [1.82, 2.24) is 9.97 Å². The minimum atomic E-state index is -1.28. The fraction of sp³-hybridized carbons (Fsp3) is 0. The van der Waals surface area contributed by atoms with E-state index in [0.29, 0.717) is 0 Å². The molecule has 2 aromatic rings. The van der Waals surface area contributed by atoms with Crippen molar-refractivity contribution in [2.75, 3.05) is 0 Å². The quantitative estimate of drug-likeness (QED) is 0.927. The van der Waals surface area contributed by atoms with Crippen molar-refractivity contribution in [3.63, 3.8) is 0 Å². The van der Waals surface area contributed by atoms with E-state index in [1.165, 1.54) is 24.5 Å². The van der Waals surface area contributed by atoms with Gasteiger partial charge in [-0.2, -0.15) is 0 Å². The van der Waals surface area contributed by atoms with Crippen LogP contribution in [0.25, 0.3) is 0 Å². The van der Waals surface area contributed by atoms with Gasteiger partial charge in [-0.1, -0.05) is 11.6 Å². The average molecular weight is 269 g/mol. The molecule has 2 rings (SSSR count). The first kappa shape index (κ1) is 12.3. The summed E-state index contributed by atoms with van der Waals surface area (Å²) in [5.74, 6) is -2.53. The topological polar surface area (TPSA) is 72.3 Å². The first-order valence-corrected chi connectivity index (χ1v) is 5.13. The number of aromatic carboxylic acids is 1. The number of rotatable bonds is 3. The Labute approximate surface area is 106 Å². The van der Waals surface area contributed by atoms with E-state index in [1.807, 2.05) is 0 Å². The Balaban J connectivity index is 2.37. The third kappa shape index (κ3) is 2.54. The van der Waals surface area contributed by atoms with Crippen LogP contribution in [-0.4, -0.2) is 21.0 Å². The summed E-state index contributed by atoms with van der Waals surface area (Å²) in [5, 5.41) is 8.99. The summed E-state index contributed by atoms with van der Waals surface area (Å²) >= 11 is 5.54. The van der Waals surface area contributed by atoms with Gasteiger partial charge >= 0.3 is 5.97 Å². The minimum Gasteiger partial charge on any atom is -0.476 e. The molecule has 7 heteroatoms. The predicted molar refractivity (Wildman–Crippen MR) is 60.5 cm³/mol. The van der Waals surface area contributed by atoms with E-state index < -0.39 is 11.8 Å². The Bertz CT molecular complexity index is 607. The number of halogens is 2. The van der Waals surface area contributed by atoms with Crippen LogP contribution in [0.1, 0.15) is 10.5 Å². The highest BCUT2D eigenvalue weighted by atomic mass is 35.5. The van der Waals surface area contributed by atoms with E-state index in [-0.39, 0.29) is 22.3 Å². The maximum absolute atomic E-state index is 13.4. The van der Waals surface area contributed by atoms with Gasteiger partial charge in [-0.25, -0.2) is 19.2 Å². The highest BCUT2D eigenvalue weighted by Gasteiger charge is 2.15. The summed E-state index contributed by atoms with van der Waals surface area (Å²) in [7, 11) is 0. The smallest absolute Gasteiger partial charge is 0.358 e. The van der Waals surface area contributed by atoms with Gasteiger partial charge in [0.05, 0.1) is 5.02 Å². The van der Waals surface area contributed by atoms with Crippen molar-refractivity contribution in [1.29, 1.82) is 0 Å². The van der Waals surface area contributed by atoms with Gasteiger partial charge in [0, 0.05) is 12.4 Å². The fourth-order valence-electron chi connectivity index (χ4n) is 1.21. The lowest BCUT2D eigenvalue weighted by Crippen LogP contribution is -2.03. The lowest BCUT2D eigenvalue weighted by Gasteiger charge is -2.07. The van der Waals surface area contributed by atoms with E-state index >= 15 is 0 Å². The first-order chi connectivity index (χ1) is 8.58. The van der Waals surface area contributed by atoms with Gasteiger partial charge in [-0.05, 0) is 18.2 Å². The van der Waals surface area contributed by atoms with E-state index in [2.05, 4.69) is 9.97 Å². The summed E-state index contributed by atoms with van der Waals surface area (Å²) in [5.41, 5.74) is -0.325. The molecule has 0 spiro atoms. The highest BCUT2D eigenvalue weighted by molar-refractivity contribution is 6.30. The van der Waals surface area contributed by atoms with Crippen molar-refractivity contribution in [2.45, 2.75) is 0 Å². The van der Waals surface area contributed by atoms with Crippen LogP contribution in [0, 0.1) is 5.82 Å². The highest BCUT2D eigenvalue weighted by Crippen LogP contribution is 2.25. The van der Waals surface area contributed by atoms with Crippen molar-refractivity contribution in [2.24, 2.45) is 0 Å². The number of carbonyl (C=O) groups is 1. The number of hydrogen-bond donors (Lipinski definition) is 1. The molecule has 0 bridgehead atoms. The van der Waals surface area contributed by atoms with E-state index in [1.54, 1.807) is 0 Å². The number of carboxylic acids is 1. The molecular formula is C11H6ClFN2O3. The van der Waals surface area contributed by atoms with Crippen LogP contribution in [0.4, 0.5) is 4.39 Å². The molecule has 0 saturated heterocycles. The molecule has 1 N–H and O–H groups in total. The number of carboxylic acid groups (broad SMARTS) is 1. The van der Waals surface area contributed by atoms with Gasteiger partial charge in [0.1, 0.15) is 0 Å². The molecule has 0 radical (unpaired) electrons. The number of nitrogens with zero attached hydrogens (tertiary/aromatic N) is 2. The molecule has 2 aromatic heterocycles. The van der Waals surface area contributed by atoms with Crippen molar-refractivity contribution in [3.05, 3.63) is 47.1 Å². The maximum atomic E-state index is 13.4. The SMILES string of the molecule is O=C(O)c1ncccc1Oc1ncc(Cl)cc1F. The van der Waals surface area contributed by atoms with Gasteiger partial charge < -0.3 is 9.84 Å². The Kier molecular flexibility index (Phi) is 3.38. The molecule has 2 heterocycles. The Morgan fingerprint density at radius 1 is 1.44 bits per heavy atom. The molecule has 0 amide bonds. The van der Waals surface area contributed by atoms with Gasteiger partial charge in [0.15, 0.2) is 17.3 Å². The van der Waals surface area contributed by atoms with Crippen LogP contribution in [0.15, 0.2) is 30.6 Å². The monoisotopic (exact) mass is 268 g/mol. The largest absolute Gasteiger partial charge is 0.476 e. The zero-order chi connectivity index (χ0) is 13.1. The second kappa shape index (κ2) is 4.97. The third-order valence-electron chi connectivity index (χ3n) is 1.95. The second-order valence-electron chi connectivity index (χ2n) is 3.20. The second-order valence-corrected chi connectivity index (χ2v) is 3.63. The van der Waals surface area contributed by atoms with Gasteiger partial charge in [-0.15, -0.1) is 0 Å². The average Bonchev–Trinajstić information content (AvgIpc) is 2.33. The molecule has 0 saturated carbocycles. The lowest BCUT2D eigenvalue weighted by atomic mass is 10.3. The molecule has 5 nitrogen and oxygen atoms in total. The molecule has 0 aromatic carbocycles. The minimum absolute atomic E-state index is 0.0984. The van der Waals surface area contributed by atoms with Crippen LogP contribution in [0.3, 0.4) is 0 Å². The van der Waals surface area contributed by atoms with Gasteiger partial charge in [0.2, 0.25) is 0 Å². The number of pyridine rings is 2. The van der Waals surface area contributed by atoms with Crippen LogP contribution in [-0.2, 0) is 0 Å². The fourth-order valence-corrected chi connectivity index (χ4v) is 1.36. The molecular weight excluding hydrogens is 263 g/mol. The first-order valence-electron chi connectivity index (χ1n) is 4.75. The summed E-state index contributed by atoms with van der Waals surface area (Å²) < 4.78 is 18.5. The van der Waals surface area contributed by atoms with Crippen molar-refractivity contribution in [3.8, 4) is 11.6 Å². The summed E-state index contributed by atoms with van der Waals surface area (Å²) in [6, 6.07) is 3.84. The molecule has 18 heavy (non-hydrogen) atoms. The van der Waals surface area contributed by atoms with Gasteiger partial charge in [-0.3, -0.25) is 0 Å². The van der Waals surface area contributed by atoms with Gasteiger partial charge in [0.25, 0.3) is 5.88 Å². The molecule has 0 fully saturated rings. The van der Waals surface area contributed by atoms with Crippen molar-refractivity contribution >= 4 is 17.6 Å². The molecule has 0 aliphatic rings. The van der Waals surface area contributed by atoms with E-state index in [4.69, 9.17) is 21.4 Å². The van der Waals surface area contributed by atoms with Crippen LogP contribution in [0.2, 0.25) is 5.02 Å². The standard InChI is InChI=1S/C11H6ClFN2O3/c12-6-4-7(13)10(15-5-6)18-8-2-1-3-14-9(8)11(16)17/h1-5H,(H,16,17). The van der Waals surface area contributed by atoms with E-state index in [9.17, 15) is 9.18 Å². The Morgan fingerprint density at radius 2 is 2.22 bits per heavy atom. The normalized spacial score (nSPS) is 10.1. The molecule has 0 atom stereocenters. The summed E-state index contributed by atoms with van der Waals surface area (Å²) in [6.45, 7) is 0.